The first-order chi connectivity index (χ1) is 6.12. The number of nitrogens with zero attached hydrogens (tertiary/aromatic N) is 2. The molecular formula is C8H14N2O2S. The number of thioether (sulfide) groups is 1. The van der Waals surface area contributed by atoms with Crippen LogP contribution in [0.3, 0.4) is 0 Å². The molecule has 1 aliphatic heterocycles. The third kappa shape index (κ3) is 4.87. The second-order valence-electron chi connectivity index (χ2n) is 3.28. The Bertz CT molecular complexity index is 212. The lowest BCUT2D eigenvalue weighted by molar-refractivity contribution is -0.136. The first-order valence-corrected chi connectivity index (χ1v) is 5.51. The molecule has 0 amide bonds. The van der Waals surface area contributed by atoms with Crippen LogP contribution in [0.25, 0.3) is 0 Å². The van der Waals surface area contributed by atoms with Crippen molar-refractivity contribution in [1.29, 1.82) is 0 Å². The summed E-state index contributed by atoms with van der Waals surface area (Å²) < 4.78 is 0. The molecule has 1 aliphatic rings. The van der Waals surface area contributed by atoms with Gasteiger partial charge in [-0.05, 0) is 25.5 Å². The molecule has 1 rings (SSSR count). The molecule has 1 heterocycles. The summed E-state index contributed by atoms with van der Waals surface area (Å²) in [5, 5.41) is 16.2. The molecule has 0 atom stereocenters. The van der Waals surface area contributed by atoms with Crippen molar-refractivity contribution in [3.8, 4) is 0 Å². The van der Waals surface area contributed by atoms with E-state index in [0.29, 0.717) is 5.75 Å². The molecule has 13 heavy (non-hydrogen) atoms. The molecule has 0 aromatic carbocycles. The van der Waals surface area contributed by atoms with Gasteiger partial charge >= 0.3 is 5.97 Å². The van der Waals surface area contributed by atoms with Crippen molar-refractivity contribution in [1.82, 2.24) is 0 Å². The Balaban J connectivity index is 1.82. The van der Waals surface area contributed by atoms with Crippen LogP contribution in [0.5, 0.6) is 0 Å². The summed E-state index contributed by atoms with van der Waals surface area (Å²) in [7, 11) is 0. The number of rotatable bonds is 7. The van der Waals surface area contributed by atoms with Gasteiger partial charge in [0.2, 0.25) is 0 Å². The van der Waals surface area contributed by atoms with Crippen LogP contribution in [0.15, 0.2) is 10.2 Å². The number of carboxylic acids is 1. The van der Waals surface area contributed by atoms with Gasteiger partial charge in [-0.15, -0.1) is 0 Å². The van der Waals surface area contributed by atoms with Crippen molar-refractivity contribution < 1.29 is 9.90 Å². The third-order valence-electron chi connectivity index (χ3n) is 1.84. The number of hydrogen-bond donors (Lipinski definition) is 1. The van der Waals surface area contributed by atoms with Gasteiger partial charge < -0.3 is 5.11 Å². The Labute approximate surface area is 81.8 Å². The Morgan fingerprint density at radius 3 is 2.69 bits per heavy atom. The van der Waals surface area contributed by atoms with Crippen LogP contribution < -0.4 is 0 Å². The maximum Gasteiger partial charge on any atom is 0.304 e. The normalized spacial score (nSPS) is 17.3. The molecule has 0 aliphatic carbocycles. The van der Waals surface area contributed by atoms with E-state index in [2.05, 4.69) is 10.2 Å². The fraction of sp³-hybridized carbons (Fsp3) is 0.875. The maximum absolute atomic E-state index is 10.2. The summed E-state index contributed by atoms with van der Waals surface area (Å²) in [6, 6.07) is 0. The Hall–Kier alpha value is -0.580. The zero-order valence-electron chi connectivity index (χ0n) is 7.69. The van der Waals surface area contributed by atoms with Gasteiger partial charge in [-0.25, -0.2) is 0 Å². The molecule has 0 aromatic heterocycles. The molecule has 0 fully saturated rings. The summed E-state index contributed by atoms with van der Waals surface area (Å²) in [6.07, 6.45) is 2.32. The fourth-order valence-electron chi connectivity index (χ4n) is 0.956. The van der Waals surface area contributed by atoms with E-state index in [0.717, 1.165) is 18.6 Å². The number of carbonyl (C=O) groups is 1. The molecule has 1 N–H and O–H groups in total. The molecule has 0 unspecified atom stereocenters. The van der Waals surface area contributed by atoms with Crippen LogP contribution >= 0.6 is 11.8 Å². The van der Waals surface area contributed by atoms with Crippen molar-refractivity contribution in [3.63, 3.8) is 0 Å². The Morgan fingerprint density at radius 1 is 1.46 bits per heavy atom. The van der Waals surface area contributed by atoms with Gasteiger partial charge in [0.1, 0.15) is 0 Å². The molecule has 0 spiro atoms. The zero-order chi connectivity index (χ0) is 9.73. The lowest BCUT2D eigenvalue weighted by Gasteiger charge is -2.02. The van der Waals surface area contributed by atoms with E-state index in [9.17, 15) is 4.79 Å². The number of aliphatic carboxylic acids is 1. The third-order valence-corrected chi connectivity index (χ3v) is 2.91. The van der Waals surface area contributed by atoms with Crippen LogP contribution in [0.2, 0.25) is 0 Å². The van der Waals surface area contributed by atoms with Gasteiger partial charge in [-0.1, -0.05) is 0 Å². The molecule has 0 saturated heterocycles. The van der Waals surface area contributed by atoms with Crippen LogP contribution in [-0.4, -0.2) is 28.2 Å². The molecule has 4 nitrogen and oxygen atoms in total. The van der Waals surface area contributed by atoms with Gasteiger partial charge in [0.05, 0.1) is 6.42 Å². The Kier molecular flexibility index (Phi) is 3.71. The standard InChI is InChI=1S/C8H14N2O2S/c1-8(9-10-8)4-2-5-13-6-3-7(11)12/h2-6H2,1H3,(H,11,12). The van der Waals surface area contributed by atoms with Crippen molar-refractivity contribution in [3.05, 3.63) is 0 Å². The number of hydrogen-bond acceptors (Lipinski definition) is 4. The lowest BCUT2D eigenvalue weighted by Crippen LogP contribution is -2.04. The van der Waals surface area contributed by atoms with Crippen molar-refractivity contribution in [2.75, 3.05) is 11.5 Å². The van der Waals surface area contributed by atoms with Crippen LogP contribution in [0.4, 0.5) is 0 Å². The highest BCUT2D eigenvalue weighted by Crippen LogP contribution is 2.32. The average Bonchev–Trinajstić information content (AvgIpc) is 2.76. The molecular weight excluding hydrogens is 188 g/mol. The highest BCUT2D eigenvalue weighted by atomic mass is 32.2. The molecule has 0 saturated carbocycles. The van der Waals surface area contributed by atoms with Gasteiger partial charge in [-0.3, -0.25) is 4.79 Å². The van der Waals surface area contributed by atoms with E-state index >= 15 is 0 Å². The first kappa shape index (κ1) is 10.5. The van der Waals surface area contributed by atoms with E-state index in [1.807, 2.05) is 6.92 Å². The second kappa shape index (κ2) is 4.60. The lowest BCUT2D eigenvalue weighted by atomic mass is 10.1. The highest BCUT2D eigenvalue weighted by molar-refractivity contribution is 7.99. The monoisotopic (exact) mass is 202 g/mol. The summed E-state index contributed by atoms with van der Waals surface area (Å²) in [4.78, 5) is 10.2. The van der Waals surface area contributed by atoms with Crippen LogP contribution in [0, 0.1) is 0 Å². The predicted molar refractivity (Wildman–Crippen MR) is 52.1 cm³/mol. The van der Waals surface area contributed by atoms with E-state index < -0.39 is 5.97 Å². The zero-order valence-corrected chi connectivity index (χ0v) is 8.51. The molecule has 0 radical (unpaired) electrons. The van der Waals surface area contributed by atoms with Crippen LogP contribution in [-0.2, 0) is 4.79 Å². The van der Waals surface area contributed by atoms with E-state index in [1.54, 1.807) is 11.8 Å². The SMILES string of the molecule is CC1(CCCSCCC(=O)O)N=N1. The predicted octanol–water partition coefficient (Wildman–Crippen LogP) is 2.16. The Morgan fingerprint density at radius 2 is 2.15 bits per heavy atom. The van der Waals surface area contributed by atoms with E-state index in [4.69, 9.17) is 5.11 Å². The molecule has 74 valence electrons. The summed E-state index contributed by atoms with van der Waals surface area (Å²) >= 11 is 1.69. The van der Waals surface area contributed by atoms with Gasteiger partial charge in [-0.2, -0.15) is 22.0 Å². The largest absolute Gasteiger partial charge is 0.481 e. The minimum absolute atomic E-state index is 0.0899. The topological polar surface area (TPSA) is 62.0 Å². The molecule has 0 aromatic rings. The summed E-state index contributed by atoms with van der Waals surface area (Å²) in [5.41, 5.74) is -0.0899. The minimum Gasteiger partial charge on any atom is -0.481 e. The van der Waals surface area contributed by atoms with Crippen molar-refractivity contribution in [2.45, 2.75) is 31.8 Å². The van der Waals surface area contributed by atoms with E-state index in [-0.39, 0.29) is 12.1 Å². The minimum atomic E-state index is -0.716. The van der Waals surface area contributed by atoms with Crippen molar-refractivity contribution >= 4 is 17.7 Å². The number of carboxylic acid groups (broad SMARTS) is 1. The molecule has 0 bridgehead atoms. The smallest absolute Gasteiger partial charge is 0.304 e. The van der Waals surface area contributed by atoms with Gasteiger partial charge in [0.25, 0.3) is 0 Å². The molecule has 5 heteroatoms. The maximum atomic E-state index is 10.2. The van der Waals surface area contributed by atoms with Crippen molar-refractivity contribution in [2.24, 2.45) is 10.2 Å². The average molecular weight is 202 g/mol. The first-order valence-electron chi connectivity index (χ1n) is 4.36. The van der Waals surface area contributed by atoms with Crippen LogP contribution in [0.1, 0.15) is 26.2 Å². The quantitative estimate of drug-likeness (QED) is 0.643. The fourth-order valence-corrected chi connectivity index (χ4v) is 1.83. The van der Waals surface area contributed by atoms with Gasteiger partial charge in [0.15, 0.2) is 5.66 Å². The van der Waals surface area contributed by atoms with E-state index in [1.165, 1.54) is 0 Å². The summed E-state index contributed by atoms with van der Waals surface area (Å²) in [6.45, 7) is 2.01. The second-order valence-corrected chi connectivity index (χ2v) is 4.50. The summed E-state index contributed by atoms with van der Waals surface area (Å²) in [5.74, 6) is 1.00. The highest BCUT2D eigenvalue weighted by Gasteiger charge is 2.32. The van der Waals surface area contributed by atoms with Gasteiger partial charge in [0, 0.05) is 5.75 Å².